The van der Waals surface area contributed by atoms with Gasteiger partial charge in [-0.3, -0.25) is 0 Å². The molecule has 126 valence electrons. The fourth-order valence-corrected chi connectivity index (χ4v) is 2.94. The van der Waals surface area contributed by atoms with E-state index in [4.69, 9.17) is 0 Å². The molecule has 0 nitrogen and oxygen atoms in total. The molecule has 4 aromatic rings. The van der Waals surface area contributed by atoms with Gasteiger partial charge in [0.15, 0.2) is 0 Å². The molecular weight excluding hydrogens is 537 g/mol. The van der Waals surface area contributed by atoms with Crippen LogP contribution in [0.25, 0.3) is 0 Å². The molecule has 0 aliphatic heterocycles. The fraction of sp³-hybridized carbons (Fsp3) is 0.143. The first-order valence-electron chi connectivity index (χ1n) is 8.10. The smallest absolute Gasteiger partial charge is 0.176 e. The average molecular weight is 556 g/mol. The fourth-order valence-electron chi connectivity index (χ4n) is 2.94. The molecule has 0 saturated carbocycles. The van der Waals surface area contributed by atoms with Crippen LogP contribution < -0.4 is 0 Å². The first-order valence-corrected chi connectivity index (χ1v) is 14.1. The first-order chi connectivity index (χ1) is 11.8. The zero-order chi connectivity index (χ0) is 16.2. The molecule has 0 atom stereocenters. The van der Waals surface area contributed by atoms with Crippen LogP contribution in [-0.4, -0.2) is 0 Å². The van der Waals surface area contributed by atoms with Gasteiger partial charge in [0.1, 0.15) is 0 Å². The van der Waals surface area contributed by atoms with Gasteiger partial charge >= 0.3 is 20.1 Å². The van der Waals surface area contributed by atoms with Crippen molar-refractivity contribution >= 4 is 22.6 Å². The van der Waals surface area contributed by atoms with Crippen LogP contribution in [0.2, 0.25) is 0 Å². The third-order valence-corrected chi connectivity index (χ3v) is 7.27. The van der Waals surface area contributed by atoms with Crippen molar-refractivity contribution in [3.05, 3.63) is 106 Å². The van der Waals surface area contributed by atoms with E-state index in [1.54, 1.807) is 0 Å². The topological polar surface area (TPSA) is 0 Å². The number of rotatable bonds is 0. The van der Waals surface area contributed by atoms with Crippen LogP contribution in [0.15, 0.2) is 54.6 Å². The van der Waals surface area contributed by atoms with Gasteiger partial charge in [0.25, 0.3) is 0 Å². The summed E-state index contributed by atoms with van der Waals surface area (Å²) >= 11 is 0. The Morgan fingerprint density at radius 1 is 0.480 bits per heavy atom. The molecule has 0 amide bonds. The standard InChI is InChI=1S/C21H15.Ir.H3P3/c1-4-16-10-17(5-1)14-19-7-3-9-21(12-19)15-20-8-2-6-18(11-20)13-16;;1-2-3-1/h1-9H,13-15H2;;1-3H/q-3;+3;. The van der Waals surface area contributed by atoms with Crippen LogP contribution in [0.3, 0.4) is 0 Å². The summed E-state index contributed by atoms with van der Waals surface area (Å²) in [5, 5.41) is 0. The predicted molar refractivity (Wildman–Crippen MR) is 109 cm³/mol. The Balaban J connectivity index is 0.000000414. The maximum atomic E-state index is 3.54. The molecule has 5 rings (SSSR count). The van der Waals surface area contributed by atoms with Gasteiger partial charge in [0.2, 0.25) is 0 Å². The number of hydrogen-bond donors (Lipinski definition) is 0. The van der Waals surface area contributed by atoms with E-state index in [0.29, 0.717) is 0 Å². The third kappa shape index (κ3) is 5.86. The number of benzene rings is 3. The second-order valence-corrected chi connectivity index (χ2v) is 15.8. The summed E-state index contributed by atoms with van der Waals surface area (Å²) in [6.07, 6.45) is 2.71. The zero-order valence-corrected chi connectivity index (χ0v) is 19.0. The Kier molecular flexibility index (Phi) is 7.01. The van der Waals surface area contributed by atoms with Gasteiger partial charge < -0.3 is 0 Å². The number of fused-ring (bicyclic) bond motifs is 6. The normalized spacial score (nSPS) is 13.0. The molecule has 3 aromatic carbocycles. The summed E-state index contributed by atoms with van der Waals surface area (Å²) in [6.45, 7) is 0. The molecule has 0 radical (unpaired) electrons. The van der Waals surface area contributed by atoms with E-state index in [2.05, 4.69) is 72.8 Å². The van der Waals surface area contributed by atoms with E-state index in [9.17, 15) is 0 Å². The van der Waals surface area contributed by atoms with Crippen LogP contribution in [-0.2, 0) is 39.4 Å². The van der Waals surface area contributed by atoms with Gasteiger partial charge in [0.05, 0.1) is 0 Å². The molecule has 6 bridgehead atoms. The van der Waals surface area contributed by atoms with Crippen molar-refractivity contribution < 1.29 is 20.1 Å². The maximum Gasteiger partial charge on any atom is 3.00 e. The Hall–Kier alpha value is -0.791. The second-order valence-electron chi connectivity index (χ2n) is 6.01. The molecule has 0 unspecified atom stereocenters. The SMILES string of the molecule is [Ir+3].[c-]1c2cccc1Cc1[c-]c(ccc1)Cc1[c-]c(ccc1)C2.[pH]1[pH][pH]1. The minimum absolute atomic E-state index is 0. The van der Waals surface area contributed by atoms with Crippen molar-refractivity contribution in [2.75, 3.05) is 0 Å². The zero-order valence-electron chi connectivity index (χ0n) is 13.7. The maximum absolute atomic E-state index is 3.54. The summed E-state index contributed by atoms with van der Waals surface area (Å²) in [5.74, 6) is 0. The van der Waals surface area contributed by atoms with Crippen LogP contribution in [0.4, 0.5) is 0 Å². The van der Waals surface area contributed by atoms with Crippen LogP contribution in [0.5, 0.6) is 0 Å². The van der Waals surface area contributed by atoms with E-state index in [0.717, 1.165) is 19.3 Å². The van der Waals surface area contributed by atoms with Crippen molar-refractivity contribution in [2.24, 2.45) is 0 Å². The van der Waals surface area contributed by atoms with Crippen molar-refractivity contribution in [3.63, 3.8) is 0 Å². The van der Waals surface area contributed by atoms with Crippen LogP contribution in [0, 0.1) is 18.2 Å². The molecule has 0 spiro atoms. The van der Waals surface area contributed by atoms with Gasteiger partial charge in [-0.05, 0) is 19.3 Å². The Labute approximate surface area is 167 Å². The summed E-state index contributed by atoms with van der Waals surface area (Å²) in [6, 6.07) is 29.9. The second kappa shape index (κ2) is 9.23. The van der Waals surface area contributed by atoms with Gasteiger partial charge in [0, 0.05) is 0 Å². The Bertz CT molecular complexity index is 744. The molecular formula is C21H18IrP3. The minimum Gasteiger partial charge on any atom is -0.176 e. The first kappa shape index (κ1) is 19.0. The third-order valence-electron chi connectivity index (χ3n) is 4.02. The Morgan fingerprint density at radius 3 is 0.920 bits per heavy atom. The molecule has 0 saturated heterocycles. The van der Waals surface area contributed by atoms with E-state index >= 15 is 0 Å². The average Bonchev–Trinajstić information content (AvgIpc) is 3.44. The molecule has 1 aromatic heterocycles. The van der Waals surface area contributed by atoms with Crippen molar-refractivity contribution in [2.45, 2.75) is 19.3 Å². The summed E-state index contributed by atoms with van der Waals surface area (Å²) in [4.78, 5) is 0. The quantitative estimate of drug-likeness (QED) is 0.207. The summed E-state index contributed by atoms with van der Waals surface area (Å²) < 4.78 is 0. The molecule has 0 fully saturated rings. The van der Waals surface area contributed by atoms with E-state index in [-0.39, 0.29) is 20.1 Å². The van der Waals surface area contributed by atoms with Gasteiger partial charge in [-0.25, -0.2) is 0 Å². The van der Waals surface area contributed by atoms with E-state index in [1.807, 2.05) is 0 Å². The molecule has 4 heteroatoms. The van der Waals surface area contributed by atoms with Gasteiger partial charge in [-0.1, -0.05) is 22.6 Å². The van der Waals surface area contributed by atoms with Gasteiger partial charge in [-0.2, -0.15) is 106 Å². The van der Waals surface area contributed by atoms with Crippen LogP contribution >= 0.6 is 22.6 Å². The Morgan fingerprint density at radius 2 is 0.720 bits per heavy atom. The minimum atomic E-state index is 0. The van der Waals surface area contributed by atoms with Crippen molar-refractivity contribution in [3.8, 4) is 0 Å². The number of hydrogen-bond acceptors (Lipinski definition) is 0. The van der Waals surface area contributed by atoms with Crippen molar-refractivity contribution in [1.29, 1.82) is 0 Å². The molecule has 25 heavy (non-hydrogen) atoms. The molecule has 1 heterocycles. The monoisotopic (exact) mass is 556 g/mol. The summed E-state index contributed by atoms with van der Waals surface area (Å²) in [5.41, 5.74) is 7.40. The molecule has 1 aliphatic rings. The van der Waals surface area contributed by atoms with Crippen LogP contribution in [0.1, 0.15) is 33.4 Å². The summed E-state index contributed by atoms with van der Waals surface area (Å²) in [7, 11) is 4.17. The van der Waals surface area contributed by atoms with E-state index in [1.165, 1.54) is 56.0 Å². The van der Waals surface area contributed by atoms with Gasteiger partial charge in [-0.15, -0.1) is 0 Å². The molecule has 1 aliphatic carbocycles. The predicted octanol–water partition coefficient (Wildman–Crippen LogP) is 5.95. The van der Waals surface area contributed by atoms with Crippen molar-refractivity contribution in [1.82, 2.24) is 0 Å². The van der Waals surface area contributed by atoms with E-state index < -0.39 is 0 Å². The molecule has 0 N–H and O–H groups in total. The largest absolute Gasteiger partial charge is 3.00 e.